The van der Waals surface area contributed by atoms with Gasteiger partial charge in [0.2, 0.25) is 10.0 Å². The maximum Gasteiger partial charge on any atom is 0.244 e. The lowest BCUT2D eigenvalue weighted by molar-refractivity contribution is 0.350. The topological polar surface area (TPSA) is 57.6 Å². The lowest BCUT2D eigenvalue weighted by Crippen LogP contribution is -2.26. The average molecular weight is 288 g/mol. The predicted molar refractivity (Wildman–Crippen MR) is 70.9 cm³/mol. The molecule has 98 valence electrons. The Morgan fingerprint density at radius 1 is 1.44 bits per heavy atom. The van der Waals surface area contributed by atoms with Crippen molar-refractivity contribution < 1.29 is 13.5 Å². The first-order valence-corrected chi connectivity index (χ1v) is 7.11. The van der Waals surface area contributed by atoms with Gasteiger partial charge in [-0.2, -0.15) is 0 Å². The van der Waals surface area contributed by atoms with Gasteiger partial charge in [0, 0.05) is 19.2 Å². The van der Waals surface area contributed by atoms with Gasteiger partial charge in [-0.25, -0.2) is 12.7 Å². The Morgan fingerprint density at radius 2 is 2.11 bits per heavy atom. The summed E-state index contributed by atoms with van der Waals surface area (Å²) in [6.45, 7) is 1.85. The van der Waals surface area contributed by atoms with Crippen molar-refractivity contribution in [2.24, 2.45) is 0 Å². The lowest BCUT2D eigenvalue weighted by Gasteiger charge is -2.15. The number of sulfonamides is 1. The van der Waals surface area contributed by atoms with E-state index in [4.69, 9.17) is 16.7 Å². The molecule has 6 heteroatoms. The number of nitrogens with zero attached hydrogens (tertiary/aromatic N) is 1. The zero-order valence-corrected chi connectivity index (χ0v) is 11.7. The number of benzene rings is 1. The van der Waals surface area contributed by atoms with Crippen molar-refractivity contribution in [2.75, 3.05) is 20.2 Å². The number of aliphatic hydroxyl groups is 1. The fourth-order valence-electron chi connectivity index (χ4n) is 1.27. The van der Waals surface area contributed by atoms with Crippen molar-refractivity contribution in [3.63, 3.8) is 0 Å². The van der Waals surface area contributed by atoms with Crippen molar-refractivity contribution in [3.8, 4) is 11.8 Å². The second-order valence-electron chi connectivity index (χ2n) is 3.52. The van der Waals surface area contributed by atoms with E-state index in [0.29, 0.717) is 12.1 Å². The third-order valence-corrected chi connectivity index (χ3v) is 4.79. The van der Waals surface area contributed by atoms with Crippen LogP contribution in [0.5, 0.6) is 0 Å². The van der Waals surface area contributed by atoms with Gasteiger partial charge in [0.25, 0.3) is 0 Å². The molecule has 0 spiro atoms. The Bertz CT molecular complexity index is 587. The summed E-state index contributed by atoms with van der Waals surface area (Å²) in [5, 5.41) is 8.70. The van der Waals surface area contributed by atoms with Crippen molar-refractivity contribution in [3.05, 3.63) is 28.8 Å². The summed E-state index contributed by atoms with van der Waals surface area (Å²) >= 11 is 5.96. The molecule has 0 bridgehead atoms. The van der Waals surface area contributed by atoms with Gasteiger partial charge in [-0.1, -0.05) is 30.4 Å². The molecule has 0 atom stereocenters. The maximum absolute atomic E-state index is 12.1. The third-order valence-electron chi connectivity index (χ3n) is 2.38. The first kappa shape index (κ1) is 15.0. The van der Waals surface area contributed by atoms with Gasteiger partial charge >= 0.3 is 0 Å². The molecular weight excluding hydrogens is 274 g/mol. The van der Waals surface area contributed by atoms with E-state index in [2.05, 4.69) is 11.8 Å². The Hall–Kier alpha value is -1.06. The van der Waals surface area contributed by atoms with E-state index >= 15 is 0 Å². The van der Waals surface area contributed by atoms with Crippen LogP contribution in [-0.4, -0.2) is 38.0 Å². The number of halogens is 1. The van der Waals surface area contributed by atoms with Crippen molar-refractivity contribution in [2.45, 2.75) is 11.8 Å². The van der Waals surface area contributed by atoms with E-state index in [1.54, 1.807) is 13.0 Å². The van der Waals surface area contributed by atoms with Gasteiger partial charge in [-0.05, 0) is 18.2 Å². The third kappa shape index (κ3) is 3.24. The van der Waals surface area contributed by atoms with Gasteiger partial charge in [0.1, 0.15) is 11.5 Å². The predicted octanol–water partition coefficient (Wildman–Crippen LogP) is 1.32. The highest BCUT2D eigenvalue weighted by Gasteiger charge is 2.22. The standard InChI is InChI=1S/C12H14ClNO3S/c1-3-14(2)18(16,17)12-7-6-10(5-4-8-15)9-11(12)13/h6-7,9,15H,3,8H2,1-2H3. The molecule has 0 heterocycles. The number of hydrogen-bond donors (Lipinski definition) is 1. The fourth-order valence-corrected chi connectivity index (χ4v) is 2.96. The summed E-state index contributed by atoms with van der Waals surface area (Å²) in [4.78, 5) is 0.0584. The Balaban J connectivity index is 3.22. The van der Waals surface area contributed by atoms with Crippen LogP contribution in [0.25, 0.3) is 0 Å². The lowest BCUT2D eigenvalue weighted by atomic mass is 10.2. The second kappa shape index (κ2) is 6.21. The Labute approximate surface area is 112 Å². The van der Waals surface area contributed by atoms with E-state index in [1.165, 1.54) is 23.5 Å². The molecule has 1 aromatic rings. The summed E-state index contributed by atoms with van der Waals surface area (Å²) in [6, 6.07) is 4.46. The van der Waals surface area contributed by atoms with Crippen LogP contribution < -0.4 is 0 Å². The molecule has 4 nitrogen and oxygen atoms in total. The zero-order chi connectivity index (χ0) is 13.8. The van der Waals surface area contributed by atoms with Crippen LogP contribution in [0.4, 0.5) is 0 Å². The molecule has 0 fully saturated rings. The molecule has 18 heavy (non-hydrogen) atoms. The molecular formula is C12H14ClNO3S. The van der Waals surface area contributed by atoms with Crippen LogP contribution in [0, 0.1) is 11.8 Å². The van der Waals surface area contributed by atoms with Crippen LogP contribution in [0.15, 0.2) is 23.1 Å². The zero-order valence-electron chi connectivity index (χ0n) is 10.1. The van der Waals surface area contributed by atoms with Crippen LogP contribution in [0.2, 0.25) is 5.02 Å². The van der Waals surface area contributed by atoms with E-state index < -0.39 is 10.0 Å². The molecule has 1 N–H and O–H groups in total. The van der Waals surface area contributed by atoms with Crippen LogP contribution in [-0.2, 0) is 10.0 Å². The first-order valence-electron chi connectivity index (χ1n) is 5.29. The van der Waals surface area contributed by atoms with Crippen molar-refractivity contribution in [1.82, 2.24) is 4.31 Å². The smallest absolute Gasteiger partial charge is 0.244 e. The Kier molecular flexibility index (Phi) is 5.17. The number of hydrogen-bond acceptors (Lipinski definition) is 3. The van der Waals surface area contributed by atoms with E-state index in [-0.39, 0.29) is 16.5 Å². The number of aliphatic hydroxyl groups excluding tert-OH is 1. The van der Waals surface area contributed by atoms with Crippen LogP contribution >= 0.6 is 11.6 Å². The summed E-state index contributed by atoms with van der Waals surface area (Å²) in [7, 11) is -2.06. The highest BCUT2D eigenvalue weighted by molar-refractivity contribution is 7.89. The van der Waals surface area contributed by atoms with Crippen LogP contribution in [0.1, 0.15) is 12.5 Å². The fraction of sp³-hybridized carbons (Fsp3) is 0.333. The molecule has 0 unspecified atom stereocenters. The van der Waals surface area contributed by atoms with Gasteiger partial charge in [-0.15, -0.1) is 0 Å². The summed E-state index contributed by atoms with van der Waals surface area (Å²) in [6.07, 6.45) is 0. The minimum atomic E-state index is -3.55. The van der Waals surface area contributed by atoms with Crippen LogP contribution in [0.3, 0.4) is 0 Å². The van der Waals surface area contributed by atoms with Crippen molar-refractivity contribution in [1.29, 1.82) is 0 Å². The van der Waals surface area contributed by atoms with E-state index in [9.17, 15) is 8.42 Å². The van der Waals surface area contributed by atoms with Gasteiger partial charge < -0.3 is 5.11 Å². The normalized spacial score (nSPS) is 11.2. The molecule has 1 rings (SSSR count). The average Bonchev–Trinajstić information content (AvgIpc) is 2.34. The SMILES string of the molecule is CCN(C)S(=O)(=O)c1ccc(C#CCO)cc1Cl. The van der Waals surface area contributed by atoms with E-state index in [1.807, 2.05) is 0 Å². The molecule has 0 saturated heterocycles. The molecule has 0 aliphatic rings. The molecule has 0 aromatic heterocycles. The van der Waals surface area contributed by atoms with Gasteiger partial charge in [-0.3, -0.25) is 0 Å². The summed E-state index contributed by atoms with van der Waals surface area (Å²) in [5.41, 5.74) is 0.562. The van der Waals surface area contributed by atoms with Crippen molar-refractivity contribution >= 4 is 21.6 Å². The van der Waals surface area contributed by atoms with Gasteiger partial charge in [0.15, 0.2) is 0 Å². The molecule has 0 amide bonds. The molecule has 0 saturated carbocycles. The molecule has 0 aliphatic carbocycles. The highest BCUT2D eigenvalue weighted by Crippen LogP contribution is 2.24. The van der Waals surface area contributed by atoms with Gasteiger partial charge in [0.05, 0.1) is 5.02 Å². The quantitative estimate of drug-likeness (QED) is 0.853. The maximum atomic E-state index is 12.1. The first-order chi connectivity index (χ1) is 8.43. The van der Waals surface area contributed by atoms with E-state index in [0.717, 1.165) is 0 Å². The number of rotatable bonds is 3. The molecule has 0 aliphatic heterocycles. The highest BCUT2D eigenvalue weighted by atomic mass is 35.5. The Morgan fingerprint density at radius 3 is 2.61 bits per heavy atom. The summed E-state index contributed by atoms with van der Waals surface area (Å²) in [5.74, 6) is 5.14. The molecule has 0 radical (unpaired) electrons. The monoisotopic (exact) mass is 287 g/mol. The minimum Gasteiger partial charge on any atom is -0.384 e. The summed E-state index contributed by atoms with van der Waals surface area (Å²) < 4.78 is 25.4. The minimum absolute atomic E-state index is 0.0584. The second-order valence-corrected chi connectivity index (χ2v) is 5.94. The molecule has 1 aromatic carbocycles. The largest absolute Gasteiger partial charge is 0.384 e.